The lowest BCUT2D eigenvalue weighted by Crippen LogP contribution is -2.38. The minimum atomic E-state index is -0.962. The number of hydrogen-bond donors (Lipinski definition) is 2. The Morgan fingerprint density at radius 1 is 1.45 bits per heavy atom. The number of benzene rings is 1. The molecule has 0 spiro atoms. The van der Waals surface area contributed by atoms with Gasteiger partial charge in [0.25, 0.3) is 5.69 Å². The van der Waals surface area contributed by atoms with Crippen molar-refractivity contribution < 1.29 is 19.2 Å². The minimum Gasteiger partial charge on any atom is -0.465 e. The predicted octanol–water partition coefficient (Wildman–Crippen LogP) is 1.43. The molecule has 0 aliphatic rings. The molecule has 0 saturated carbocycles. The minimum absolute atomic E-state index is 0.00986. The molecule has 0 aliphatic carbocycles. The zero-order valence-electron chi connectivity index (χ0n) is 12.3. The summed E-state index contributed by atoms with van der Waals surface area (Å²) >= 11 is 0. The Kier molecular flexibility index (Phi) is 5.29. The highest BCUT2D eigenvalue weighted by atomic mass is 16.6. The standard InChI is InChI=1S/C13H22N3O4/c1-10(17)20-11-5-6-13(15(18)19)12(9-11)14-7-8-16(2,3)4/h5-6,9-10,14,17H,7-8H2,1-4H3/q+1. The number of nitro groups is 1. The molecule has 112 valence electrons. The van der Waals surface area contributed by atoms with E-state index in [9.17, 15) is 15.2 Å². The third-order valence-electron chi connectivity index (χ3n) is 2.57. The van der Waals surface area contributed by atoms with Crippen molar-refractivity contribution in [2.75, 3.05) is 39.5 Å². The van der Waals surface area contributed by atoms with Crippen LogP contribution in [0.2, 0.25) is 0 Å². The van der Waals surface area contributed by atoms with Crippen molar-refractivity contribution in [3.63, 3.8) is 0 Å². The van der Waals surface area contributed by atoms with Crippen LogP contribution in [0.4, 0.5) is 11.4 Å². The van der Waals surface area contributed by atoms with Crippen molar-refractivity contribution in [3.8, 4) is 5.75 Å². The van der Waals surface area contributed by atoms with Crippen LogP contribution in [0.3, 0.4) is 0 Å². The molecule has 1 unspecified atom stereocenters. The topological polar surface area (TPSA) is 84.6 Å². The van der Waals surface area contributed by atoms with Crippen molar-refractivity contribution in [2.45, 2.75) is 13.2 Å². The number of nitrogens with zero attached hydrogens (tertiary/aromatic N) is 2. The lowest BCUT2D eigenvalue weighted by atomic mass is 10.2. The van der Waals surface area contributed by atoms with Crippen LogP contribution in [-0.4, -0.2) is 55.0 Å². The molecule has 7 heteroatoms. The summed E-state index contributed by atoms with van der Waals surface area (Å²) in [7, 11) is 6.13. The number of hydrogen-bond acceptors (Lipinski definition) is 5. The van der Waals surface area contributed by atoms with Gasteiger partial charge in [0.1, 0.15) is 11.4 Å². The summed E-state index contributed by atoms with van der Waals surface area (Å²) in [6.45, 7) is 2.90. The van der Waals surface area contributed by atoms with E-state index in [0.717, 1.165) is 11.0 Å². The summed E-state index contributed by atoms with van der Waals surface area (Å²) in [5.41, 5.74) is 0.381. The Bertz CT molecular complexity index is 469. The smallest absolute Gasteiger partial charge is 0.292 e. The predicted molar refractivity (Wildman–Crippen MR) is 76.8 cm³/mol. The van der Waals surface area contributed by atoms with Crippen molar-refractivity contribution >= 4 is 11.4 Å². The number of anilines is 1. The maximum Gasteiger partial charge on any atom is 0.292 e. The van der Waals surface area contributed by atoms with Crippen molar-refractivity contribution in [1.82, 2.24) is 0 Å². The van der Waals surface area contributed by atoms with Gasteiger partial charge in [0.2, 0.25) is 0 Å². The van der Waals surface area contributed by atoms with Crippen LogP contribution in [0.5, 0.6) is 5.75 Å². The van der Waals surface area contributed by atoms with Crippen molar-refractivity contribution in [3.05, 3.63) is 28.3 Å². The van der Waals surface area contributed by atoms with Gasteiger partial charge in [-0.1, -0.05) is 0 Å². The Morgan fingerprint density at radius 2 is 2.10 bits per heavy atom. The Balaban J connectivity index is 2.86. The highest BCUT2D eigenvalue weighted by Gasteiger charge is 2.16. The van der Waals surface area contributed by atoms with Gasteiger partial charge in [-0.25, -0.2) is 0 Å². The summed E-state index contributed by atoms with van der Waals surface area (Å²) in [4.78, 5) is 10.5. The van der Waals surface area contributed by atoms with E-state index < -0.39 is 11.2 Å². The van der Waals surface area contributed by atoms with Crippen LogP contribution in [0, 0.1) is 10.1 Å². The molecular weight excluding hydrogens is 262 g/mol. The molecule has 0 fully saturated rings. The molecule has 0 bridgehead atoms. The SMILES string of the molecule is CC(O)Oc1ccc([N+](=O)[O-])c(NCC[N+](C)(C)C)c1. The second-order valence-electron chi connectivity index (χ2n) is 5.59. The van der Waals surface area contributed by atoms with E-state index >= 15 is 0 Å². The van der Waals surface area contributed by atoms with Gasteiger partial charge in [-0.15, -0.1) is 0 Å². The molecule has 0 radical (unpaired) electrons. The van der Waals surface area contributed by atoms with Crippen LogP contribution in [0.15, 0.2) is 18.2 Å². The van der Waals surface area contributed by atoms with Gasteiger partial charge in [0.05, 0.1) is 39.2 Å². The summed E-state index contributed by atoms with van der Waals surface area (Å²) in [6, 6.07) is 4.36. The number of ether oxygens (including phenoxy) is 1. The second-order valence-corrected chi connectivity index (χ2v) is 5.59. The first-order valence-electron chi connectivity index (χ1n) is 6.36. The first-order valence-corrected chi connectivity index (χ1v) is 6.36. The fraction of sp³-hybridized carbons (Fsp3) is 0.538. The van der Waals surface area contributed by atoms with Gasteiger partial charge in [-0.2, -0.15) is 0 Å². The molecule has 20 heavy (non-hydrogen) atoms. The third kappa shape index (κ3) is 5.41. The van der Waals surface area contributed by atoms with E-state index in [1.165, 1.54) is 25.1 Å². The van der Waals surface area contributed by atoms with Gasteiger partial charge in [-0.3, -0.25) is 10.1 Å². The Morgan fingerprint density at radius 3 is 2.60 bits per heavy atom. The van der Waals surface area contributed by atoms with E-state index in [1.807, 2.05) is 21.1 Å². The van der Waals surface area contributed by atoms with Gasteiger partial charge in [0, 0.05) is 12.1 Å². The van der Waals surface area contributed by atoms with Crippen LogP contribution < -0.4 is 10.1 Å². The largest absolute Gasteiger partial charge is 0.465 e. The van der Waals surface area contributed by atoms with E-state index in [0.29, 0.717) is 18.0 Å². The zero-order chi connectivity index (χ0) is 15.3. The number of aliphatic hydroxyl groups is 1. The number of quaternary nitrogens is 1. The van der Waals surface area contributed by atoms with Gasteiger partial charge < -0.3 is 19.6 Å². The molecule has 1 rings (SSSR count). The highest BCUT2D eigenvalue weighted by molar-refractivity contribution is 5.64. The number of likely N-dealkylation sites (N-methyl/N-ethyl adjacent to an activating group) is 1. The first kappa shape index (κ1) is 16.2. The summed E-state index contributed by atoms with van der Waals surface area (Å²) in [5.74, 6) is 0.387. The second kappa shape index (κ2) is 6.53. The summed E-state index contributed by atoms with van der Waals surface area (Å²) in [5, 5.41) is 23.2. The fourth-order valence-electron chi connectivity index (χ4n) is 1.61. The van der Waals surface area contributed by atoms with Gasteiger partial charge in [0.15, 0.2) is 6.29 Å². The van der Waals surface area contributed by atoms with Crippen LogP contribution in [0.25, 0.3) is 0 Å². The molecule has 0 amide bonds. The number of nitro benzene ring substituents is 1. The quantitative estimate of drug-likeness (QED) is 0.342. The molecular formula is C13H22N3O4+. The number of nitrogens with one attached hydrogen (secondary N) is 1. The first-order chi connectivity index (χ1) is 9.19. The van der Waals surface area contributed by atoms with Crippen LogP contribution in [-0.2, 0) is 0 Å². The molecule has 2 N–H and O–H groups in total. The normalized spacial score (nSPS) is 12.8. The highest BCUT2D eigenvalue weighted by Crippen LogP contribution is 2.29. The van der Waals surface area contributed by atoms with Crippen molar-refractivity contribution in [2.24, 2.45) is 0 Å². The molecule has 1 aromatic carbocycles. The molecule has 0 aromatic heterocycles. The molecule has 0 saturated heterocycles. The maximum absolute atomic E-state index is 11.0. The summed E-state index contributed by atoms with van der Waals surface area (Å²) in [6.07, 6.45) is -0.962. The van der Waals surface area contributed by atoms with E-state index in [4.69, 9.17) is 4.74 Å². The lowest BCUT2D eigenvalue weighted by Gasteiger charge is -2.24. The third-order valence-corrected chi connectivity index (χ3v) is 2.57. The molecule has 0 heterocycles. The fourth-order valence-corrected chi connectivity index (χ4v) is 1.61. The van der Waals surface area contributed by atoms with Crippen LogP contribution in [0.1, 0.15) is 6.92 Å². The van der Waals surface area contributed by atoms with E-state index in [2.05, 4.69) is 5.32 Å². The lowest BCUT2D eigenvalue weighted by molar-refractivity contribution is -0.868. The van der Waals surface area contributed by atoms with Crippen molar-refractivity contribution in [1.29, 1.82) is 0 Å². The molecule has 1 atom stereocenters. The molecule has 1 aromatic rings. The monoisotopic (exact) mass is 284 g/mol. The zero-order valence-corrected chi connectivity index (χ0v) is 12.3. The maximum atomic E-state index is 11.0. The summed E-state index contributed by atoms with van der Waals surface area (Å²) < 4.78 is 5.88. The van der Waals surface area contributed by atoms with Gasteiger partial charge in [-0.05, 0) is 13.0 Å². The molecule has 0 aliphatic heterocycles. The molecule has 7 nitrogen and oxygen atoms in total. The van der Waals surface area contributed by atoms with Crippen LogP contribution >= 0.6 is 0 Å². The van der Waals surface area contributed by atoms with E-state index in [1.54, 1.807) is 0 Å². The number of aliphatic hydroxyl groups excluding tert-OH is 1. The van der Waals surface area contributed by atoms with Gasteiger partial charge >= 0.3 is 0 Å². The average molecular weight is 284 g/mol. The number of rotatable bonds is 7. The average Bonchev–Trinajstić information content (AvgIpc) is 2.26. The van der Waals surface area contributed by atoms with E-state index in [-0.39, 0.29) is 5.69 Å². The Hall–Kier alpha value is -1.86. The Labute approximate surface area is 118 Å².